The minimum absolute atomic E-state index is 0.600. The van der Waals surface area contributed by atoms with Crippen LogP contribution in [0.15, 0.2) is 29.3 Å². The second-order valence-electron chi connectivity index (χ2n) is 5.97. The van der Waals surface area contributed by atoms with E-state index < -0.39 is 0 Å². The Bertz CT molecular complexity index is 484. The fourth-order valence-corrected chi connectivity index (χ4v) is 3.00. The number of halogens is 1. The summed E-state index contributed by atoms with van der Waals surface area (Å²) in [6.45, 7) is 8.31. The highest BCUT2D eigenvalue weighted by Crippen LogP contribution is 2.15. The van der Waals surface area contributed by atoms with Crippen LogP contribution in [0.1, 0.15) is 38.2 Å². The van der Waals surface area contributed by atoms with Gasteiger partial charge in [-0.2, -0.15) is 0 Å². The molecule has 0 amide bonds. The first-order chi connectivity index (χ1) is 11.3. The van der Waals surface area contributed by atoms with E-state index in [2.05, 4.69) is 27.4 Å². The molecule has 1 aromatic carbocycles. The van der Waals surface area contributed by atoms with Crippen molar-refractivity contribution in [2.75, 3.05) is 32.7 Å². The average molecular weight is 337 g/mol. The molecule has 0 bridgehead atoms. The number of unbranched alkanes of at least 4 members (excludes halogenated alkanes) is 1. The molecule has 0 saturated carbocycles. The molecule has 0 aliphatic carbocycles. The van der Waals surface area contributed by atoms with E-state index in [9.17, 15) is 0 Å². The zero-order valence-corrected chi connectivity index (χ0v) is 14.9. The van der Waals surface area contributed by atoms with Gasteiger partial charge in [0, 0.05) is 18.1 Å². The Morgan fingerprint density at radius 3 is 2.70 bits per heavy atom. The van der Waals surface area contributed by atoms with Crippen LogP contribution in [-0.4, -0.2) is 43.6 Å². The summed E-state index contributed by atoms with van der Waals surface area (Å²) in [5, 5.41) is 7.48. The average Bonchev–Trinajstić information content (AvgIpc) is 3.07. The zero-order chi connectivity index (χ0) is 16.3. The SMILES string of the molecule is CCNC(=NCc1ccccc1Cl)NCCCCN1CCCC1. The number of nitrogens with one attached hydrogen (secondary N) is 2. The van der Waals surface area contributed by atoms with Gasteiger partial charge < -0.3 is 15.5 Å². The molecular formula is C18H29ClN4. The van der Waals surface area contributed by atoms with E-state index in [0.29, 0.717) is 6.54 Å². The molecule has 2 N–H and O–H groups in total. The normalized spacial score (nSPS) is 15.8. The molecule has 4 nitrogen and oxygen atoms in total. The minimum Gasteiger partial charge on any atom is -0.357 e. The van der Waals surface area contributed by atoms with E-state index in [-0.39, 0.29) is 0 Å². The molecule has 1 fully saturated rings. The van der Waals surface area contributed by atoms with Gasteiger partial charge in [0.15, 0.2) is 5.96 Å². The minimum atomic E-state index is 0.600. The first-order valence-corrected chi connectivity index (χ1v) is 9.15. The molecule has 1 saturated heterocycles. The van der Waals surface area contributed by atoms with Gasteiger partial charge in [-0.1, -0.05) is 29.8 Å². The van der Waals surface area contributed by atoms with Crippen molar-refractivity contribution in [2.24, 2.45) is 4.99 Å². The van der Waals surface area contributed by atoms with Gasteiger partial charge in [-0.05, 0) is 63.9 Å². The fourth-order valence-electron chi connectivity index (χ4n) is 2.81. The van der Waals surface area contributed by atoms with Crippen LogP contribution < -0.4 is 10.6 Å². The predicted molar refractivity (Wildman–Crippen MR) is 99.2 cm³/mol. The number of hydrogen-bond acceptors (Lipinski definition) is 2. The lowest BCUT2D eigenvalue weighted by Gasteiger charge is -2.15. The molecule has 23 heavy (non-hydrogen) atoms. The molecule has 2 rings (SSSR count). The first kappa shape index (κ1) is 18.1. The van der Waals surface area contributed by atoms with E-state index in [1.54, 1.807) is 0 Å². The maximum absolute atomic E-state index is 6.18. The van der Waals surface area contributed by atoms with E-state index in [0.717, 1.165) is 29.6 Å². The molecule has 128 valence electrons. The van der Waals surface area contributed by atoms with Crippen LogP contribution in [0.4, 0.5) is 0 Å². The van der Waals surface area contributed by atoms with Crippen LogP contribution in [0.2, 0.25) is 5.02 Å². The van der Waals surface area contributed by atoms with Gasteiger partial charge in [-0.3, -0.25) is 0 Å². The second kappa shape index (κ2) is 10.5. The summed E-state index contributed by atoms with van der Waals surface area (Å²) in [4.78, 5) is 7.19. The van der Waals surface area contributed by atoms with Gasteiger partial charge >= 0.3 is 0 Å². The molecule has 5 heteroatoms. The number of aliphatic imine (C=N–C) groups is 1. The van der Waals surface area contributed by atoms with Crippen molar-refractivity contribution in [2.45, 2.75) is 39.2 Å². The van der Waals surface area contributed by atoms with Crippen molar-refractivity contribution in [1.82, 2.24) is 15.5 Å². The summed E-state index contributed by atoms with van der Waals surface area (Å²) in [6.07, 6.45) is 5.17. The van der Waals surface area contributed by atoms with Crippen molar-refractivity contribution in [3.8, 4) is 0 Å². The van der Waals surface area contributed by atoms with Crippen LogP contribution in [-0.2, 0) is 6.54 Å². The smallest absolute Gasteiger partial charge is 0.191 e. The van der Waals surface area contributed by atoms with Crippen molar-refractivity contribution >= 4 is 17.6 Å². The largest absolute Gasteiger partial charge is 0.357 e. The van der Waals surface area contributed by atoms with Gasteiger partial charge in [0.2, 0.25) is 0 Å². The molecule has 0 atom stereocenters. The summed E-state index contributed by atoms with van der Waals surface area (Å²) >= 11 is 6.18. The van der Waals surface area contributed by atoms with Gasteiger partial charge in [0.25, 0.3) is 0 Å². The second-order valence-corrected chi connectivity index (χ2v) is 6.38. The van der Waals surface area contributed by atoms with Gasteiger partial charge in [-0.15, -0.1) is 0 Å². The van der Waals surface area contributed by atoms with Gasteiger partial charge in [0.1, 0.15) is 0 Å². The standard InChI is InChI=1S/C18H29ClN4/c1-2-20-18(22-15-16-9-3-4-10-17(16)19)21-11-5-6-12-23-13-7-8-14-23/h3-4,9-10H,2,5-8,11-15H2,1H3,(H2,20,21,22). The van der Waals surface area contributed by atoms with Crippen LogP contribution in [0.25, 0.3) is 0 Å². The van der Waals surface area contributed by atoms with Gasteiger partial charge in [0.05, 0.1) is 6.54 Å². The van der Waals surface area contributed by atoms with E-state index in [1.807, 2.05) is 24.3 Å². The lowest BCUT2D eigenvalue weighted by molar-refractivity contribution is 0.330. The van der Waals surface area contributed by atoms with E-state index in [4.69, 9.17) is 11.6 Å². The molecule has 0 unspecified atom stereocenters. The molecule has 1 heterocycles. The molecule has 0 spiro atoms. The molecule has 1 aliphatic heterocycles. The Labute approximate surface area is 145 Å². The molecule has 1 aromatic rings. The number of guanidine groups is 1. The highest BCUT2D eigenvalue weighted by molar-refractivity contribution is 6.31. The van der Waals surface area contributed by atoms with Crippen LogP contribution >= 0.6 is 11.6 Å². The summed E-state index contributed by atoms with van der Waals surface area (Å²) in [7, 11) is 0. The number of benzene rings is 1. The Kier molecular flexibility index (Phi) is 8.26. The van der Waals surface area contributed by atoms with Crippen LogP contribution in [0.3, 0.4) is 0 Å². The third kappa shape index (κ3) is 6.80. The fraction of sp³-hybridized carbons (Fsp3) is 0.611. The summed E-state index contributed by atoms with van der Waals surface area (Å²) in [5.74, 6) is 0.869. The number of likely N-dealkylation sites (tertiary alicyclic amines) is 1. The van der Waals surface area contributed by atoms with E-state index >= 15 is 0 Å². The Morgan fingerprint density at radius 2 is 1.96 bits per heavy atom. The summed E-state index contributed by atoms with van der Waals surface area (Å²) < 4.78 is 0. The number of hydrogen-bond donors (Lipinski definition) is 2. The lowest BCUT2D eigenvalue weighted by atomic mass is 10.2. The number of nitrogens with zero attached hydrogens (tertiary/aromatic N) is 2. The van der Waals surface area contributed by atoms with Crippen LogP contribution in [0.5, 0.6) is 0 Å². The highest BCUT2D eigenvalue weighted by atomic mass is 35.5. The van der Waals surface area contributed by atoms with Crippen molar-refractivity contribution in [3.63, 3.8) is 0 Å². The Hall–Kier alpha value is -1.26. The van der Waals surface area contributed by atoms with Crippen molar-refractivity contribution < 1.29 is 0 Å². The first-order valence-electron chi connectivity index (χ1n) is 8.77. The maximum atomic E-state index is 6.18. The lowest BCUT2D eigenvalue weighted by Crippen LogP contribution is -2.38. The topological polar surface area (TPSA) is 39.7 Å². The molecule has 0 radical (unpaired) electrons. The summed E-state index contributed by atoms with van der Waals surface area (Å²) in [5.41, 5.74) is 1.06. The summed E-state index contributed by atoms with van der Waals surface area (Å²) in [6, 6.07) is 7.87. The highest BCUT2D eigenvalue weighted by Gasteiger charge is 2.10. The number of rotatable bonds is 8. The van der Waals surface area contributed by atoms with Crippen molar-refractivity contribution in [1.29, 1.82) is 0 Å². The molecule has 1 aliphatic rings. The Morgan fingerprint density at radius 1 is 1.17 bits per heavy atom. The third-order valence-electron chi connectivity index (χ3n) is 4.10. The third-order valence-corrected chi connectivity index (χ3v) is 4.47. The van der Waals surface area contributed by atoms with Gasteiger partial charge in [-0.25, -0.2) is 4.99 Å². The predicted octanol–water partition coefficient (Wildman–Crippen LogP) is 3.27. The quantitative estimate of drug-likeness (QED) is 0.435. The maximum Gasteiger partial charge on any atom is 0.191 e. The van der Waals surface area contributed by atoms with E-state index in [1.165, 1.54) is 45.3 Å². The molecule has 0 aromatic heterocycles. The monoisotopic (exact) mass is 336 g/mol. The zero-order valence-electron chi connectivity index (χ0n) is 14.2. The van der Waals surface area contributed by atoms with Crippen LogP contribution in [0, 0.1) is 0 Å². The van der Waals surface area contributed by atoms with Crippen molar-refractivity contribution in [3.05, 3.63) is 34.9 Å². The Balaban J connectivity index is 1.70. The molecular weight excluding hydrogens is 308 g/mol.